The van der Waals surface area contributed by atoms with Crippen molar-refractivity contribution < 1.29 is 4.74 Å². The Hall–Kier alpha value is -2.77. The summed E-state index contributed by atoms with van der Waals surface area (Å²) < 4.78 is 8.95. The lowest BCUT2D eigenvalue weighted by molar-refractivity contribution is 0.214. The number of rotatable bonds is 6. The molecule has 0 spiro atoms. The molecule has 7 heteroatoms. The van der Waals surface area contributed by atoms with Crippen molar-refractivity contribution in [1.82, 2.24) is 9.66 Å². The molecule has 0 N–H and O–H groups in total. The van der Waals surface area contributed by atoms with E-state index >= 15 is 0 Å². The molecule has 0 fully saturated rings. The summed E-state index contributed by atoms with van der Waals surface area (Å²) in [5.41, 5.74) is 2.03. The highest BCUT2D eigenvalue weighted by Crippen LogP contribution is 2.35. The molecule has 1 aromatic heterocycles. The van der Waals surface area contributed by atoms with Crippen LogP contribution in [0.25, 0.3) is 22.3 Å². The fourth-order valence-electron chi connectivity index (χ4n) is 3.18. The fourth-order valence-corrected chi connectivity index (χ4v) is 4.59. The van der Waals surface area contributed by atoms with E-state index in [4.69, 9.17) is 9.72 Å². The maximum Gasteiger partial charge on any atom is 0.282 e. The first-order valence-electron chi connectivity index (χ1n) is 10.2. The maximum atomic E-state index is 13.3. The van der Waals surface area contributed by atoms with E-state index in [9.17, 15) is 4.79 Å². The number of hydrogen-bond donors (Lipinski definition) is 0. The van der Waals surface area contributed by atoms with Crippen LogP contribution < -0.4 is 10.3 Å². The minimum absolute atomic E-state index is 0.0952. The number of ether oxygens (including phenoxy) is 1. The van der Waals surface area contributed by atoms with Gasteiger partial charge < -0.3 is 4.74 Å². The molecule has 0 amide bonds. The summed E-state index contributed by atoms with van der Waals surface area (Å²) >= 11 is 7.17. The van der Waals surface area contributed by atoms with Crippen LogP contribution >= 0.6 is 31.9 Å². The van der Waals surface area contributed by atoms with Gasteiger partial charge in [-0.15, -0.1) is 0 Å². The Labute approximate surface area is 203 Å². The predicted molar refractivity (Wildman–Crippen MR) is 137 cm³/mol. The molecule has 0 bridgehead atoms. The zero-order chi connectivity index (χ0) is 22.7. The average Bonchev–Trinajstić information content (AvgIpc) is 2.81. The zero-order valence-corrected chi connectivity index (χ0v) is 20.8. The Bertz CT molecular complexity index is 1330. The highest BCUT2D eigenvalue weighted by Gasteiger charge is 2.13. The standard InChI is InChI=1S/C25H21Br2N3O2/c1-3-16(2)32-23-20(26)13-17(14-21(23)27)15-28-30-24(18-9-5-4-6-10-18)29-22-12-8-7-11-19(22)25(30)31/h4-16H,3H2,1-2H3/t16-/m0/s1. The molecule has 0 saturated carbocycles. The summed E-state index contributed by atoms with van der Waals surface area (Å²) in [5, 5.41) is 5.04. The lowest BCUT2D eigenvalue weighted by Gasteiger charge is -2.16. The second-order valence-electron chi connectivity index (χ2n) is 7.33. The fraction of sp³-hybridized carbons (Fsp3) is 0.160. The van der Waals surface area contributed by atoms with Crippen LogP contribution in [0.1, 0.15) is 25.8 Å². The molecule has 4 aromatic rings. The molecule has 1 heterocycles. The van der Waals surface area contributed by atoms with Crippen molar-refractivity contribution in [3.63, 3.8) is 0 Å². The second-order valence-corrected chi connectivity index (χ2v) is 9.04. The van der Waals surface area contributed by atoms with Gasteiger partial charge in [0.1, 0.15) is 5.75 Å². The molecule has 32 heavy (non-hydrogen) atoms. The van der Waals surface area contributed by atoms with Crippen LogP contribution in [0, 0.1) is 0 Å². The van der Waals surface area contributed by atoms with Crippen LogP contribution in [0.5, 0.6) is 5.75 Å². The molecule has 3 aromatic carbocycles. The van der Waals surface area contributed by atoms with Crippen LogP contribution in [-0.4, -0.2) is 22.0 Å². The summed E-state index contributed by atoms with van der Waals surface area (Å²) in [5.74, 6) is 1.23. The normalized spacial score (nSPS) is 12.4. The summed E-state index contributed by atoms with van der Waals surface area (Å²) in [6, 6.07) is 20.7. The third-order valence-electron chi connectivity index (χ3n) is 5.02. The molecule has 0 aliphatic rings. The van der Waals surface area contributed by atoms with Crippen LogP contribution in [0.4, 0.5) is 0 Å². The largest absolute Gasteiger partial charge is 0.488 e. The number of para-hydroxylation sites is 1. The van der Waals surface area contributed by atoms with Crippen LogP contribution in [0.3, 0.4) is 0 Å². The zero-order valence-electron chi connectivity index (χ0n) is 17.6. The molecule has 4 rings (SSSR count). The highest BCUT2D eigenvalue weighted by atomic mass is 79.9. The molecule has 0 radical (unpaired) electrons. The molecular formula is C25H21Br2N3O2. The van der Waals surface area contributed by atoms with Crippen molar-refractivity contribution >= 4 is 49.0 Å². The van der Waals surface area contributed by atoms with Crippen molar-refractivity contribution in [3.05, 3.63) is 91.6 Å². The van der Waals surface area contributed by atoms with E-state index in [1.165, 1.54) is 4.68 Å². The molecule has 1 atom stereocenters. The van der Waals surface area contributed by atoms with E-state index in [1.54, 1.807) is 12.3 Å². The Morgan fingerprint density at radius 3 is 2.41 bits per heavy atom. The smallest absolute Gasteiger partial charge is 0.282 e. The minimum Gasteiger partial charge on any atom is -0.488 e. The van der Waals surface area contributed by atoms with Gasteiger partial charge in [-0.25, -0.2) is 4.98 Å². The first-order chi connectivity index (χ1) is 15.5. The van der Waals surface area contributed by atoms with Crippen molar-refractivity contribution in [2.24, 2.45) is 5.10 Å². The van der Waals surface area contributed by atoms with Crippen molar-refractivity contribution in [2.45, 2.75) is 26.4 Å². The summed E-state index contributed by atoms with van der Waals surface area (Å²) in [4.78, 5) is 18.0. The monoisotopic (exact) mass is 553 g/mol. The van der Waals surface area contributed by atoms with Gasteiger partial charge in [0.2, 0.25) is 0 Å². The topological polar surface area (TPSA) is 56.5 Å². The second kappa shape index (κ2) is 9.79. The van der Waals surface area contributed by atoms with E-state index in [0.29, 0.717) is 16.7 Å². The highest BCUT2D eigenvalue weighted by molar-refractivity contribution is 9.11. The Balaban J connectivity index is 1.81. The van der Waals surface area contributed by atoms with E-state index in [-0.39, 0.29) is 11.7 Å². The summed E-state index contributed by atoms with van der Waals surface area (Å²) in [6.07, 6.45) is 2.65. The van der Waals surface area contributed by atoms with Gasteiger partial charge >= 0.3 is 0 Å². The Morgan fingerprint density at radius 2 is 1.72 bits per heavy atom. The van der Waals surface area contributed by atoms with Gasteiger partial charge in [0.25, 0.3) is 5.56 Å². The number of aromatic nitrogens is 2. The lowest BCUT2D eigenvalue weighted by atomic mass is 10.2. The third-order valence-corrected chi connectivity index (χ3v) is 6.20. The molecule has 5 nitrogen and oxygen atoms in total. The van der Waals surface area contributed by atoms with Gasteiger partial charge in [-0.05, 0) is 75.0 Å². The Morgan fingerprint density at radius 1 is 1.06 bits per heavy atom. The average molecular weight is 555 g/mol. The van der Waals surface area contributed by atoms with Gasteiger partial charge in [0.15, 0.2) is 5.82 Å². The van der Waals surface area contributed by atoms with Gasteiger partial charge in [-0.3, -0.25) is 4.79 Å². The first kappa shape index (κ1) is 22.4. The number of fused-ring (bicyclic) bond motifs is 1. The van der Waals surface area contributed by atoms with Crippen molar-refractivity contribution in [3.8, 4) is 17.1 Å². The molecule has 0 aliphatic heterocycles. The number of halogens is 2. The third kappa shape index (κ3) is 4.69. The van der Waals surface area contributed by atoms with Gasteiger partial charge in [0, 0.05) is 5.56 Å². The van der Waals surface area contributed by atoms with Crippen LogP contribution in [0.2, 0.25) is 0 Å². The number of hydrogen-bond acceptors (Lipinski definition) is 4. The Kier molecular flexibility index (Phi) is 6.86. The predicted octanol–water partition coefficient (Wildman–Crippen LogP) is 6.65. The molecule has 0 unspecified atom stereocenters. The van der Waals surface area contributed by atoms with Crippen LogP contribution in [-0.2, 0) is 0 Å². The maximum absolute atomic E-state index is 13.3. The van der Waals surface area contributed by atoms with E-state index < -0.39 is 0 Å². The summed E-state index contributed by atoms with van der Waals surface area (Å²) in [7, 11) is 0. The van der Waals surface area contributed by atoms with Crippen molar-refractivity contribution in [2.75, 3.05) is 0 Å². The number of nitrogens with zero attached hydrogens (tertiary/aromatic N) is 3. The molecular weight excluding hydrogens is 534 g/mol. The first-order valence-corrected chi connectivity index (χ1v) is 11.8. The lowest BCUT2D eigenvalue weighted by Crippen LogP contribution is -2.20. The van der Waals surface area contributed by atoms with Gasteiger partial charge in [0.05, 0.1) is 32.2 Å². The summed E-state index contributed by atoms with van der Waals surface area (Å²) in [6.45, 7) is 4.10. The van der Waals surface area contributed by atoms with Gasteiger partial charge in [-0.1, -0.05) is 49.4 Å². The van der Waals surface area contributed by atoms with Crippen molar-refractivity contribution in [1.29, 1.82) is 0 Å². The number of benzene rings is 3. The van der Waals surface area contributed by atoms with E-state index in [1.807, 2.05) is 67.6 Å². The van der Waals surface area contributed by atoms with Crippen LogP contribution in [0.15, 0.2) is 85.6 Å². The quantitative estimate of drug-likeness (QED) is 0.251. The van der Waals surface area contributed by atoms with E-state index in [0.717, 1.165) is 32.2 Å². The molecule has 0 aliphatic carbocycles. The van der Waals surface area contributed by atoms with E-state index in [2.05, 4.69) is 43.9 Å². The minimum atomic E-state index is -0.222. The SMILES string of the molecule is CC[C@H](C)Oc1c(Br)cc(C=Nn2c(-c3ccccc3)nc3ccccc3c2=O)cc1Br. The molecule has 162 valence electrons. The van der Waals surface area contributed by atoms with Gasteiger partial charge in [-0.2, -0.15) is 9.78 Å². The molecule has 0 saturated heterocycles.